The Kier molecular flexibility index (Phi) is 4.60. The van der Waals surface area contributed by atoms with Crippen LogP contribution in [0, 0.1) is 18.7 Å². The average Bonchev–Trinajstić information content (AvgIpc) is 3.36. The summed E-state index contributed by atoms with van der Waals surface area (Å²) in [6.45, 7) is 5.20. The third kappa shape index (κ3) is 3.35. The second-order valence-corrected chi connectivity index (χ2v) is 9.18. The molecule has 166 valence electrons. The Labute approximate surface area is 184 Å². The van der Waals surface area contributed by atoms with Gasteiger partial charge in [-0.2, -0.15) is 0 Å². The lowest BCUT2D eigenvalue weighted by Gasteiger charge is -2.37. The summed E-state index contributed by atoms with van der Waals surface area (Å²) in [6, 6.07) is 7.48. The zero-order chi connectivity index (χ0) is 22.8. The van der Waals surface area contributed by atoms with Gasteiger partial charge in [-0.05, 0) is 50.3 Å². The Morgan fingerprint density at radius 1 is 1.16 bits per heavy atom. The number of aromatic hydroxyl groups is 1. The van der Waals surface area contributed by atoms with E-state index in [1.54, 1.807) is 49.9 Å². The lowest BCUT2D eigenvalue weighted by Crippen LogP contribution is -2.51. The quantitative estimate of drug-likeness (QED) is 0.624. The largest absolute Gasteiger partial charge is 0.507 e. The number of aryl methyl sites for hydroxylation is 1. The van der Waals surface area contributed by atoms with E-state index in [1.807, 2.05) is 0 Å². The van der Waals surface area contributed by atoms with Crippen LogP contribution in [-0.4, -0.2) is 42.9 Å². The van der Waals surface area contributed by atoms with Crippen LogP contribution >= 0.6 is 0 Å². The summed E-state index contributed by atoms with van der Waals surface area (Å²) in [4.78, 5) is 15.1. The summed E-state index contributed by atoms with van der Waals surface area (Å²) >= 11 is 0. The predicted molar refractivity (Wildman–Crippen MR) is 114 cm³/mol. The molecule has 0 unspecified atom stereocenters. The van der Waals surface area contributed by atoms with Crippen molar-refractivity contribution in [3.05, 3.63) is 53.2 Å². The van der Waals surface area contributed by atoms with E-state index < -0.39 is 17.5 Å². The Morgan fingerprint density at radius 2 is 1.81 bits per heavy atom. The third-order valence-corrected chi connectivity index (χ3v) is 6.24. The lowest BCUT2D eigenvalue weighted by molar-refractivity contribution is -0.0224. The van der Waals surface area contributed by atoms with Gasteiger partial charge in [0.05, 0.1) is 23.8 Å². The molecule has 2 aliphatic rings. The van der Waals surface area contributed by atoms with Gasteiger partial charge in [0, 0.05) is 29.7 Å². The molecule has 0 spiro atoms. The Morgan fingerprint density at radius 3 is 2.38 bits per heavy atom. The van der Waals surface area contributed by atoms with Crippen LogP contribution in [0.4, 0.5) is 4.39 Å². The summed E-state index contributed by atoms with van der Waals surface area (Å²) < 4.78 is 20.5. The zero-order valence-corrected chi connectivity index (χ0v) is 18.1. The molecule has 0 radical (unpaired) electrons. The van der Waals surface area contributed by atoms with Gasteiger partial charge in [0.25, 0.3) is 5.91 Å². The zero-order valence-electron chi connectivity index (χ0n) is 18.1. The van der Waals surface area contributed by atoms with Crippen molar-refractivity contribution in [3.8, 4) is 28.3 Å². The van der Waals surface area contributed by atoms with E-state index in [4.69, 9.17) is 4.42 Å². The van der Waals surface area contributed by atoms with Crippen molar-refractivity contribution in [1.29, 1.82) is 0 Å². The van der Waals surface area contributed by atoms with E-state index in [1.165, 1.54) is 0 Å². The van der Waals surface area contributed by atoms with Gasteiger partial charge in [-0.15, -0.1) is 10.2 Å². The number of phenolic OH excluding ortho intramolecular Hbond substituents is 1. The highest BCUT2D eigenvalue weighted by molar-refractivity contribution is 6.05. The summed E-state index contributed by atoms with van der Waals surface area (Å²) in [5.41, 5.74) is 0.742. The SMILES string of the molecule is Cc1nnc(-c2ccc(-c3c(F)cc(O)c4c3C(=O)N([C@H](C3CC3)C(C)(C)O)C4)cc2)o1. The second kappa shape index (κ2) is 7.13. The van der Waals surface area contributed by atoms with E-state index >= 15 is 4.39 Å². The van der Waals surface area contributed by atoms with Crippen LogP contribution < -0.4 is 0 Å². The molecule has 32 heavy (non-hydrogen) atoms. The number of phenols is 1. The van der Waals surface area contributed by atoms with Gasteiger partial charge >= 0.3 is 0 Å². The Hall–Kier alpha value is -3.26. The fourth-order valence-electron chi connectivity index (χ4n) is 4.78. The van der Waals surface area contributed by atoms with Crippen molar-refractivity contribution in [2.24, 2.45) is 5.92 Å². The first-order chi connectivity index (χ1) is 15.1. The van der Waals surface area contributed by atoms with Crippen molar-refractivity contribution < 1.29 is 23.8 Å². The number of aromatic nitrogens is 2. The number of rotatable bonds is 5. The minimum atomic E-state index is -1.11. The number of fused-ring (bicyclic) bond motifs is 1. The fourth-order valence-corrected chi connectivity index (χ4v) is 4.78. The van der Waals surface area contributed by atoms with Gasteiger partial charge in [-0.25, -0.2) is 4.39 Å². The number of halogens is 1. The van der Waals surface area contributed by atoms with Crippen molar-refractivity contribution in [2.45, 2.75) is 51.8 Å². The molecule has 5 rings (SSSR count). The number of carbonyl (C=O) groups excluding carboxylic acids is 1. The first-order valence-corrected chi connectivity index (χ1v) is 10.6. The van der Waals surface area contributed by atoms with Gasteiger partial charge in [0.1, 0.15) is 11.6 Å². The molecule has 1 aromatic heterocycles. The molecule has 2 aromatic carbocycles. The van der Waals surface area contributed by atoms with Crippen LogP contribution in [-0.2, 0) is 6.54 Å². The maximum atomic E-state index is 15.1. The van der Waals surface area contributed by atoms with Crippen molar-refractivity contribution in [1.82, 2.24) is 15.1 Å². The molecule has 0 saturated heterocycles. The monoisotopic (exact) mass is 437 g/mol. The molecular weight excluding hydrogens is 413 g/mol. The Bertz CT molecular complexity index is 1210. The fraction of sp³-hybridized carbons (Fsp3) is 0.375. The normalized spacial score (nSPS) is 17.0. The maximum absolute atomic E-state index is 15.1. The van der Waals surface area contributed by atoms with Gasteiger partial charge in [-0.1, -0.05) is 12.1 Å². The molecule has 1 aliphatic carbocycles. The lowest BCUT2D eigenvalue weighted by atomic mass is 9.92. The van der Waals surface area contributed by atoms with Crippen molar-refractivity contribution >= 4 is 5.91 Å². The highest BCUT2D eigenvalue weighted by Gasteiger charge is 2.49. The average molecular weight is 437 g/mol. The minimum Gasteiger partial charge on any atom is -0.507 e. The summed E-state index contributed by atoms with van der Waals surface area (Å²) in [7, 11) is 0. The summed E-state index contributed by atoms with van der Waals surface area (Å²) in [5.74, 6) is -0.315. The van der Waals surface area contributed by atoms with Gasteiger partial charge in [-0.3, -0.25) is 4.79 Å². The first kappa shape index (κ1) is 20.6. The van der Waals surface area contributed by atoms with Crippen LogP contribution in [0.2, 0.25) is 0 Å². The maximum Gasteiger partial charge on any atom is 0.255 e. The summed E-state index contributed by atoms with van der Waals surface area (Å²) in [6.07, 6.45) is 1.86. The molecule has 0 bridgehead atoms. The molecule has 2 heterocycles. The molecule has 1 saturated carbocycles. The molecule has 3 aromatic rings. The van der Waals surface area contributed by atoms with Gasteiger partial charge in [0.15, 0.2) is 0 Å². The molecule has 1 aliphatic heterocycles. The first-order valence-electron chi connectivity index (χ1n) is 10.6. The van der Waals surface area contributed by atoms with Crippen molar-refractivity contribution in [2.75, 3.05) is 0 Å². The molecule has 1 atom stereocenters. The van der Waals surface area contributed by atoms with Crippen LogP contribution in [0.15, 0.2) is 34.7 Å². The standard InChI is InChI=1S/C24H24FN3O4/c1-12-26-27-22(32-12)15-8-4-13(5-9-15)19-17(25)10-18(29)16-11-28(23(30)20(16)19)21(14-6-7-14)24(2,3)31/h4-5,8-10,14,21,29,31H,6-7,11H2,1-3H3/t21-/m1/s1. The number of hydrogen-bond acceptors (Lipinski definition) is 6. The van der Waals surface area contributed by atoms with Gasteiger partial charge < -0.3 is 19.5 Å². The number of hydrogen-bond donors (Lipinski definition) is 2. The van der Waals surface area contributed by atoms with Crippen molar-refractivity contribution in [3.63, 3.8) is 0 Å². The molecule has 8 heteroatoms. The van der Waals surface area contributed by atoms with Crippen LogP contribution in [0.3, 0.4) is 0 Å². The van der Waals surface area contributed by atoms with E-state index in [9.17, 15) is 15.0 Å². The second-order valence-electron chi connectivity index (χ2n) is 9.18. The number of amides is 1. The van der Waals surface area contributed by atoms with Crippen LogP contribution in [0.5, 0.6) is 5.75 Å². The van der Waals surface area contributed by atoms with E-state index in [0.29, 0.717) is 28.5 Å². The minimum absolute atomic E-state index is 0.137. The molecule has 2 N–H and O–H groups in total. The highest BCUT2D eigenvalue weighted by atomic mass is 19.1. The van der Waals surface area contributed by atoms with Gasteiger partial charge in [0.2, 0.25) is 11.8 Å². The number of nitrogens with zero attached hydrogens (tertiary/aromatic N) is 3. The van der Waals surface area contributed by atoms with Crippen LogP contribution in [0.25, 0.3) is 22.6 Å². The van der Waals surface area contributed by atoms with E-state index in [0.717, 1.165) is 18.9 Å². The predicted octanol–water partition coefficient (Wildman–Crippen LogP) is 4.06. The number of aliphatic hydroxyl groups is 1. The Balaban J connectivity index is 1.57. The highest BCUT2D eigenvalue weighted by Crippen LogP contribution is 2.46. The molecule has 1 fully saturated rings. The summed E-state index contributed by atoms with van der Waals surface area (Å²) in [5, 5.41) is 29.0. The smallest absolute Gasteiger partial charge is 0.255 e. The van der Waals surface area contributed by atoms with Crippen LogP contribution in [0.1, 0.15) is 48.5 Å². The van der Waals surface area contributed by atoms with E-state index in [2.05, 4.69) is 10.2 Å². The topological polar surface area (TPSA) is 99.7 Å². The number of carbonyl (C=O) groups is 1. The third-order valence-electron chi connectivity index (χ3n) is 6.24. The van der Waals surface area contributed by atoms with E-state index in [-0.39, 0.29) is 35.2 Å². The molecular formula is C24H24FN3O4. The molecule has 1 amide bonds. The molecule has 7 nitrogen and oxygen atoms in total. The number of benzene rings is 2.